The number of aromatic nitrogens is 2. The summed E-state index contributed by atoms with van der Waals surface area (Å²) in [6.45, 7) is 1.95. The van der Waals surface area contributed by atoms with E-state index in [1.165, 1.54) is 12.1 Å². The summed E-state index contributed by atoms with van der Waals surface area (Å²) in [5.41, 5.74) is 3.23. The van der Waals surface area contributed by atoms with E-state index in [4.69, 9.17) is 23.8 Å². The van der Waals surface area contributed by atoms with Crippen molar-refractivity contribution >= 4 is 34.9 Å². The lowest BCUT2D eigenvalue weighted by Crippen LogP contribution is -1.98. The molecule has 1 aromatic heterocycles. The van der Waals surface area contributed by atoms with Gasteiger partial charge in [-0.25, -0.2) is 4.39 Å². The molecule has 0 fully saturated rings. The quantitative estimate of drug-likeness (QED) is 0.640. The van der Waals surface area contributed by atoms with E-state index in [0.29, 0.717) is 15.3 Å². The van der Waals surface area contributed by atoms with Gasteiger partial charge in [-0.05, 0) is 42.9 Å². The Balaban J connectivity index is 2.46. The zero-order valence-corrected chi connectivity index (χ0v) is 11.6. The summed E-state index contributed by atoms with van der Waals surface area (Å²) in [5, 5.41) is 0.585. The molecule has 1 N–H and O–H groups in total. The summed E-state index contributed by atoms with van der Waals surface area (Å²) in [5.74, 6) is -0.306. The maximum atomic E-state index is 13.4. The number of halogens is 2. The van der Waals surface area contributed by atoms with Crippen LogP contribution in [0.5, 0.6) is 0 Å². The highest BCUT2D eigenvalue weighted by molar-refractivity contribution is 7.71. The molecule has 0 aliphatic heterocycles. The molecule has 2 aromatic carbocycles. The lowest BCUT2D eigenvalue weighted by Gasteiger charge is -2.10. The third-order valence-electron chi connectivity index (χ3n) is 3.06. The van der Waals surface area contributed by atoms with Crippen LogP contribution < -0.4 is 0 Å². The number of hydrogen-bond donors (Lipinski definition) is 1. The lowest BCUT2D eigenvalue weighted by molar-refractivity contribution is 0.629. The summed E-state index contributed by atoms with van der Waals surface area (Å²) in [6.07, 6.45) is 0. The molecule has 0 atom stereocenters. The predicted octanol–water partition coefficient (Wildman–Crippen LogP) is 4.79. The minimum Gasteiger partial charge on any atom is -0.330 e. The van der Waals surface area contributed by atoms with Gasteiger partial charge in [-0.3, -0.25) is 4.57 Å². The van der Waals surface area contributed by atoms with Gasteiger partial charge in [0.05, 0.1) is 21.7 Å². The van der Waals surface area contributed by atoms with E-state index in [2.05, 4.69) is 4.98 Å². The zero-order valence-electron chi connectivity index (χ0n) is 10.1. The van der Waals surface area contributed by atoms with Gasteiger partial charge in [-0.15, -0.1) is 0 Å². The van der Waals surface area contributed by atoms with Crippen molar-refractivity contribution in [3.63, 3.8) is 0 Å². The Labute approximate surface area is 119 Å². The first-order valence-corrected chi connectivity index (χ1v) is 6.52. The van der Waals surface area contributed by atoms with E-state index >= 15 is 0 Å². The van der Waals surface area contributed by atoms with Gasteiger partial charge in [0.1, 0.15) is 5.82 Å². The standard InChI is InChI=1S/C14H10ClFN2S/c1-8-3-2-4-10(15)13(8)18-12-7-9(16)5-6-11(12)17-14(18)19/h2-7H,1H3,(H,17,19). The highest BCUT2D eigenvalue weighted by Gasteiger charge is 2.12. The third-order valence-corrected chi connectivity index (χ3v) is 3.65. The topological polar surface area (TPSA) is 20.7 Å². The number of aryl methyl sites for hydroxylation is 1. The predicted molar refractivity (Wildman–Crippen MR) is 78.2 cm³/mol. The molecule has 19 heavy (non-hydrogen) atoms. The van der Waals surface area contributed by atoms with Crippen molar-refractivity contribution in [3.05, 3.63) is 57.6 Å². The van der Waals surface area contributed by atoms with Gasteiger partial charge < -0.3 is 4.98 Å². The van der Waals surface area contributed by atoms with Crippen molar-refractivity contribution in [2.75, 3.05) is 0 Å². The summed E-state index contributed by atoms with van der Waals surface area (Å²) in [4.78, 5) is 3.06. The number of nitrogens with one attached hydrogen (secondary N) is 1. The van der Waals surface area contributed by atoms with Gasteiger partial charge >= 0.3 is 0 Å². The monoisotopic (exact) mass is 292 g/mol. The largest absolute Gasteiger partial charge is 0.330 e. The Kier molecular flexibility index (Phi) is 2.92. The minimum atomic E-state index is -0.306. The van der Waals surface area contributed by atoms with E-state index in [9.17, 15) is 4.39 Å². The highest BCUT2D eigenvalue weighted by atomic mass is 35.5. The molecule has 1 heterocycles. The van der Waals surface area contributed by atoms with Crippen LogP contribution >= 0.6 is 23.8 Å². The van der Waals surface area contributed by atoms with Crippen molar-refractivity contribution in [2.45, 2.75) is 6.92 Å². The number of fused-ring (bicyclic) bond motifs is 1. The fourth-order valence-corrected chi connectivity index (χ4v) is 2.81. The normalized spacial score (nSPS) is 11.1. The Morgan fingerprint density at radius 2 is 2.05 bits per heavy atom. The van der Waals surface area contributed by atoms with Gasteiger partial charge in [0, 0.05) is 6.07 Å². The lowest BCUT2D eigenvalue weighted by atomic mass is 10.2. The number of benzene rings is 2. The van der Waals surface area contributed by atoms with Gasteiger partial charge in [0.25, 0.3) is 0 Å². The van der Waals surface area contributed by atoms with Crippen molar-refractivity contribution in [3.8, 4) is 5.69 Å². The molecule has 3 aromatic rings. The molecule has 0 saturated carbocycles. The van der Waals surface area contributed by atoms with E-state index < -0.39 is 0 Å². The number of H-pyrrole nitrogens is 1. The molecule has 0 aliphatic carbocycles. The summed E-state index contributed by atoms with van der Waals surface area (Å²) in [7, 11) is 0. The molecule has 0 saturated heterocycles. The molecule has 0 amide bonds. The van der Waals surface area contributed by atoms with E-state index in [0.717, 1.165) is 16.8 Å². The van der Waals surface area contributed by atoms with Gasteiger partial charge in [0.15, 0.2) is 4.77 Å². The van der Waals surface area contributed by atoms with Crippen LogP contribution in [0.25, 0.3) is 16.7 Å². The Hall–Kier alpha value is -1.65. The summed E-state index contributed by atoms with van der Waals surface area (Å²) >= 11 is 11.6. The smallest absolute Gasteiger partial charge is 0.182 e. The number of imidazole rings is 1. The molecule has 0 radical (unpaired) electrons. The number of rotatable bonds is 1. The first-order chi connectivity index (χ1) is 9.08. The first kappa shape index (κ1) is 12.4. The number of hydrogen-bond acceptors (Lipinski definition) is 1. The molecule has 96 valence electrons. The molecular weight excluding hydrogens is 283 g/mol. The van der Waals surface area contributed by atoms with Crippen molar-refractivity contribution in [1.82, 2.24) is 9.55 Å². The first-order valence-electron chi connectivity index (χ1n) is 5.73. The highest BCUT2D eigenvalue weighted by Crippen LogP contribution is 2.28. The fraction of sp³-hybridized carbons (Fsp3) is 0.0714. The van der Waals surface area contributed by atoms with Crippen LogP contribution in [-0.2, 0) is 0 Å². The number of aromatic amines is 1. The molecule has 0 aliphatic rings. The fourth-order valence-electron chi connectivity index (χ4n) is 2.20. The van der Waals surface area contributed by atoms with Crippen LogP contribution in [-0.4, -0.2) is 9.55 Å². The van der Waals surface area contributed by atoms with Gasteiger partial charge in [-0.1, -0.05) is 23.7 Å². The zero-order chi connectivity index (χ0) is 13.6. The van der Waals surface area contributed by atoms with Crippen LogP contribution in [0, 0.1) is 17.5 Å². The van der Waals surface area contributed by atoms with Gasteiger partial charge in [0.2, 0.25) is 0 Å². The average molecular weight is 293 g/mol. The Morgan fingerprint density at radius 3 is 2.79 bits per heavy atom. The van der Waals surface area contributed by atoms with Gasteiger partial charge in [-0.2, -0.15) is 0 Å². The Morgan fingerprint density at radius 1 is 1.26 bits per heavy atom. The third kappa shape index (κ3) is 1.97. The maximum Gasteiger partial charge on any atom is 0.182 e. The molecule has 0 spiro atoms. The van der Waals surface area contributed by atoms with Crippen molar-refractivity contribution in [1.29, 1.82) is 0 Å². The van der Waals surface area contributed by atoms with Crippen LogP contribution in [0.15, 0.2) is 36.4 Å². The van der Waals surface area contributed by atoms with Crippen LogP contribution in [0.1, 0.15) is 5.56 Å². The molecule has 0 bridgehead atoms. The number of para-hydroxylation sites is 1. The van der Waals surface area contributed by atoms with E-state index in [1.807, 2.05) is 19.1 Å². The molecular formula is C14H10ClFN2S. The number of nitrogens with zero attached hydrogens (tertiary/aromatic N) is 1. The second kappa shape index (κ2) is 4.47. The van der Waals surface area contributed by atoms with Crippen molar-refractivity contribution in [2.24, 2.45) is 0 Å². The van der Waals surface area contributed by atoms with Crippen molar-refractivity contribution < 1.29 is 4.39 Å². The van der Waals surface area contributed by atoms with E-state index in [-0.39, 0.29) is 5.82 Å². The SMILES string of the molecule is Cc1cccc(Cl)c1-n1c(=S)[nH]c2ccc(F)cc21. The second-order valence-electron chi connectivity index (χ2n) is 4.33. The average Bonchev–Trinajstić information content (AvgIpc) is 2.66. The summed E-state index contributed by atoms with van der Waals surface area (Å²) in [6, 6.07) is 10.1. The molecule has 0 unspecified atom stereocenters. The van der Waals surface area contributed by atoms with Crippen LogP contribution in [0.3, 0.4) is 0 Å². The summed E-state index contributed by atoms with van der Waals surface area (Å²) < 4.78 is 15.7. The van der Waals surface area contributed by atoms with Crippen LogP contribution in [0.4, 0.5) is 4.39 Å². The van der Waals surface area contributed by atoms with Crippen LogP contribution in [0.2, 0.25) is 5.02 Å². The molecule has 3 rings (SSSR count). The Bertz CT molecular complexity index is 815. The molecule has 2 nitrogen and oxygen atoms in total. The van der Waals surface area contributed by atoms with E-state index in [1.54, 1.807) is 16.7 Å². The molecule has 5 heteroatoms. The minimum absolute atomic E-state index is 0.306. The maximum absolute atomic E-state index is 13.4. The second-order valence-corrected chi connectivity index (χ2v) is 5.13.